The van der Waals surface area contributed by atoms with Crippen LogP contribution in [0.15, 0.2) is 12.2 Å². The molecule has 0 bridgehead atoms. The van der Waals surface area contributed by atoms with Crippen molar-refractivity contribution in [2.24, 2.45) is 5.73 Å². The smallest absolute Gasteiger partial charge is 0.0290 e. The first kappa shape index (κ1) is 6.78. The maximum atomic E-state index is 5.41. The Balaban J connectivity index is 2.31. The molecule has 1 atom stereocenters. The van der Waals surface area contributed by atoms with Crippen LogP contribution in [-0.4, -0.2) is 31.1 Å². The third-order valence-corrected chi connectivity index (χ3v) is 1.78. The largest absolute Gasteiger partial charge is 0.330 e. The maximum Gasteiger partial charge on any atom is 0.0290 e. The first-order valence-electron chi connectivity index (χ1n) is 3.41. The van der Waals surface area contributed by atoms with Gasteiger partial charge in [-0.2, -0.15) is 0 Å². The summed E-state index contributed by atoms with van der Waals surface area (Å²) in [5.41, 5.74) is 5.41. The predicted molar refractivity (Wildman–Crippen MR) is 39.2 cm³/mol. The molecule has 0 amide bonds. The zero-order chi connectivity index (χ0) is 6.69. The Bertz CT molecular complexity index is 109. The van der Waals surface area contributed by atoms with Gasteiger partial charge in [0.15, 0.2) is 0 Å². The molecule has 0 fully saturated rings. The second-order valence-electron chi connectivity index (χ2n) is 2.51. The van der Waals surface area contributed by atoms with Gasteiger partial charge >= 0.3 is 0 Å². The summed E-state index contributed by atoms with van der Waals surface area (Å²) in [7, 11) is 2.13. The number of hydrogen-bond donors (Lipinski definition) is 1. The van der Waals surface area contributed by atoms with E-state index < -0.39 is 0 Å². The van der Waals surface area contributed by atoms with Crippen LogP contribution in [-0.2, 0) is 0 Å². The van der Waals surface area contributed by atoms with Crippen molar-refractivity contribution in [3.8, 4) is 0 Å². The van der Waals surface area contributed by atoms with Crippen molar-refractivity contribution in [2.45, 2.75) is 12.5 Å². The molecule has 52 valence electrons. The van der Waals surface area contributed by atoms with E-state index in [0.29, 0.717) is 6.04 Å². The fourth-order valence-electron chi connectivity index (χ4n) is 1.15. The quantitative estimate of drug-likeness (QED) is 0.536. The molecule has 1 rings (SSSR count). The van der Waals surface area contributed by atoms with E-state index in [4.69, 9.17) is 5.73 Å². The summed E-state index contributed by atoms with van der Waals surface area (Å²) >= 11 is 0. The lowest BCUT2D eigenvalue weighted by molar-refractivity contribution is 0.322. The molecule has 0 aromatic heterocycles. The Morgan fingerprint density at radius 3 is 3.00 bits per heavy atom. The van der Waals surface area contributed by atoms with Crippen LogP contribution in [0.3, 0.4) is 0 Å². The van der Waals surface area contributed by atoms with Crippen LogP contribution in [0.1, 0.15) is 6.42 Å². The van der Waals surface area contributed by atoms with Crippen LogP contribution >= 0.6 is 0 Å². The van der Waals surface area contributed by atoms with Gasteiger partial charge in [0.05, 0.1) is 0 Å². The van der Waals surface area contributed by atoms with Gasteiger partial charge in [0.1, 0.15) is 0 Å². The van der Waals surface area contributed by atoms with Gasteiger partial charge in [0.2, 0.25) is 0 Å². The molecular weight excluding hydrogens is 112 g/mol. The lowest BCUT2D eigenvalue weighted by Gasteiger charge is -2.17. The molecule has 0 radical (unpaired) electrons. The molecular formula is C7H14N2. The van der Waals surface area contributed by atoms with Gasteiger partial charge in [-0.1, -0.05) is 12.2 Å². The van der Waals surface area contributed by atoms with Gasteiger partial charge in [-0.3, -0.25) is 4.90 Å². The minimum atomic E-state index is 0.606. The van der Waals surface area contributed by atoms with Crippen molar-refractivity contribution in [2.75, 3.05) is 20.1 Å². The minimum Gasteiger partial charge on any atom is -0.330 e. The molecule has 1 heterocycles. The third kappa shape index (κ3) is 1.53. The Hall–Kier alpha value is -0.340. The van der Waals surface area contributed by atoms with Crippen molar-refractivity contribution in [1.82, 2.24) is 4.90 Å². The molecule has 0 aromatic carbocycles. The molecule has 2 N–H and O–H groups in total. The highest BCUT2D eigenvalue weighted by Gasteiger charge is 2.12. The summed E-state index contributed by atoms with van der Waals surface area (Å²) in [6.45, 7) is 1.88. The summed E-state index contributed by atoms with van der Waals surface area (Å²) in [5, 5.41) is 0. The average Bonchev–Trinajstić information content (AvgIpc) is 2.18. The van der Waals surface area contributed by atoms with E-state index in [1.807, 2.05) is 0 Å². The highest BCUT2D eigenvalue weighted by Crippen LogP contribution is 2.08. The molecule has 2 heteroatoms. The molecule has 1 aliphatic rings. The van der Waals surface area contributed by atoms with E-state index in [1.165, 1.54) is 0 Å². The van der Waals surface area contributed by atoms with Crippen LogP contribution in [0, 0.1) is 0 Å². The number of rotatable bonds is 2. The topological polar surface area (TPSA) is 29.3 Å². The van der Waals surface area contributed by atoms with E-state index in [0.717, 1.165) is 19.5 Å². The molecule has 0 saturated heterocycles. The van der Waals surface area contributed by atoms with Crippen molar-refractivity contribution in [3.05, 3.63) is 12.2 Å². The van der Waals surface area contributed by atoms with Gasteiger partial charge in [-0.15, -0.1) is 0 Å². The Kier molecular flexibility index (Phi) is 2.25. The predicted octanol–water partition coefficient (Wildman–Crippen LogP) is 0.205. The van der Waals surface area contributed by atoms with E-state index in [2.05, 4.69) is 24.1 Å². The van der Waals surface area contributed by atoms with Gasteiger partial charge in [0.25, 0.3) is 0 Å². The zero-order valence-electron chi connectivity index (χ0n) is 5.88. The maximum absolute atomic E-state index is 5.41. The first-order valence-corrected chi connectivity index (χ1v) is 3.41. The molecule has 0 saturated carbocycles. The van der Waals surface area contributed by atoms with Crippen LogP contribution in [0.25, 0.3) is 0 Å². The second kappa shape index (κ2) is 2.99. The summed E-state index contributed by atoms with van der Waals surface area (Å²) in [6, 6.07) is 0.606. The molecule has 1 unspecified atom stereocenters. The van der Waals surface area contributed by atoms with Crippen molar-refractivity contribution >= 4 is 0 Å². The normalized spacial score (nSPS) is 27.6. The van der Waals surface area contributed by atoms with E-state index in [-0.39, 0.29) is 0 Å². The lowest BCUT2D eigenvalue weighted by atomic mass is 10.2. The fourth-order valence-corrected chi connectivity index (χ4v) is 1.15. The van der Waals surface area contributed by atoms with E-state index >= 15 is 0 Å². The Morgan fingerprint density at radius 1 is 1.78 bits per heavy atom. The van der Waals surface area contributed by atoms with Gasteiger partial charge < -0.3 is 5.73 Å². The van der Waals surface area contributed by atoms with E-state index in [9.17, 15) is 0 Å². The number of nitrogens with two attached hydrogens (primary N) is 1. The van der Waals surface area contributed by atoms with Gasteiger partial charge in [-0.05, 0) is 20.0 Å². The standard InChI is InChI=1S/C7H14N2/c1-9-6-2-3-7(9)4-5-8/h2-3,7H,4-6,8H2,1H3. The van der Waals surface area contributed by atoms with Crippen LogP contribution < -0.4 is 5.73 Å². The minimum absolute atomic E-state index is 0.606. The summed E-state index contributed by atoms with van der Waals surface area (Å²) in [4.78, 5) is 2.30. The highest BCUT2D eigenvalue weighted by atomic mass is 15.1. The molecule has 0 aliphatic carbocycles. The van der Waals surface area contributed by atoms with Gasteiger partial charge in [-0.25, -0.2) is 0 Å². The number of hydrogen-bond acceptors (Lipinski definition) is 2. The summed E-state index contributed by atoms with van der Waals surface area (Å²) in [6.07, 6.45) is 5.51. The Labute approximate surface area is 56.3 Å². The zero-order valence-corrected chi connectivity index (χ0v) is 5.88. The average molecular weight is 126 g/mol. The Morgan fingerprint density at radius 2 is 2.56 bits per heavy atom. The SMILES string of the molecule is CN1CC=CC1CCN. The third-order valence-electron chi connectivity index (χ3n) is 1.78. The molecule has 0 spiro atoms. The lowest BCUT2D eigenvalue weighted by Crippen LogP contribution is -2.27. The molecule has 1 aliphatic heterocycles. The summed E-state index contributed by atoms with van der Waals surface area (Å²) in [5.74, 6) is 0. The van der Waals surface area contributed by atoms with Crippen LogP contribution in [0.4, 0.5) is 0 Å². The monoisotopic (exact) mass is 126 g/mol. The van der Waals surface area contributed by atoms with Crippen LogP contribution in [0.5, 0.6) is 0 Å². The first-order chi connectivity index (χ1) is 4.34. The second-order valence-corrected chi connectivity index (χ2v) is 2.51. The van der Waals surface area contributed by atoms with Crippen molar-refractivity contribution in [3.63, 3.8) is 0 Å². The van der Waals surface area contributed by atoms with Crippen molar-refractivity contribution in [1.29, 1.82) is 0 Å². The fraction of sp³-hybridized carbons (Fsp3) is 0.714. The number of nitrogens with zero attached hydrogens (tertiary/aromatic N) is 1. The van der Waals surface area contributed by atoms with Gasteiger partial charge in [0, 0.05) is 12.6 Å². The molecule has 0 aromatic rings. The number of likely N-dealkylation sites (N-methyl/N-ethyl adjacent to an activating group) is 1. The van der Waals surface area contributed by atoms with E-state index in [1.54, 1.807) is 0 Å². The highest BCUT2D eigenvalue weighted by molar-refractivity contribution is 5.02. The van der Waals surface area contributed by atoms with Crippen molar-refractivity contribution < 1.29 is 0 Å². The molecule has 9 heavy (non-hydrogen) atoms. The summed E-state index contributed by atoms with van der Waals surface area (Å²) < 4.78 is 0. The van der Waals surface area contributed by atoms with Crippen LogP contribution in [0.2, 0.25) is 0 Å². The molecule has 2 nitrogen and oxygen atoms in total.